The zero-order valence-electron chi connectivity index (χ0n) is 7.32. The highest BCUT2D eigenvalue weighted by atomic mass is 19.4. The van der Waals surface area contributed by atoms with Crippen LogP contribution in [-0.2, 0) is 4.79 Å². The lowest BCUT2D eigenvalue weighted by Crippen LogP contribution is -2.59. The highest BCUT2D eigenvalue weighted by Crippen LogP contribution is 2.36. The van der Waals surface area contributed by atoms with Crippen LogP contribution in [0.1, 0.15) is 26.2 Å². The molecule has 1 unspecified atom stereocenters. The first-order valence-electron chi connectivity index (χ1n) is 4.16. The van der Waals surface area contributed by atoms with Crippen LogP contribution in [0.15, 0.2) is 0 Å². The molecule has 0 aliphatic heterocycles. The number of rotatable bonds is 2. The zero-order valence-corrected chi connectivity index (χ0v) is 7.32. The first-order valence-corrected chi connectivity index (χ1v) is 4.16. The molecule has 0 spiro atoms. The van der Waals surface area contributed by atoms with Gasteiger partial charge in [-0.1, -0.05) is 6.42 Å². The van der Waals surface area contributed by atoms with Gasteiger partial charge in [0.25, 0.3) is 0 Å². The van der Waals surface area contributed by atoms with Crippen LogP contribution in [0.2, 0.25) is 0 Å². The fourth-order valence-electron chi connectivity index (χ4n) is 1.23. The van der Waals surface area contributed by atoms with Gasteiger partial charge in [-0.05, 0) is 19.8 Å². The highest BCUT2D eigenvalue weighted by Gasteiger charge is 2.55. The first-order chi connectivity index (χ1) is 5.77. The van der Waals surface area contributed by atoms with Crippen molar-refractivity contribution in [2.45, 2.75) is 37.9 Å². The number of hydrogen-bond acceptors (Lipinski definition) is 2. The number of halogens is 3. The van der Waals surface area contributed by atoms with Gasteiger partial charge in [0.1, 0.15) is 0 Å². The molecule has 0 bridgehead atoms. The van der Waals surface area contributed by atoms with Crippen molar-refractivity contribution >= 4 is 5.78 Å². The molecule has 1 atom stereocenters. The van der Waals surface area contributed by atoms with Crippen molar-refractivity contribution in [1.29, 1.82) is 0 Å². The van der Waals surface area contributed by atoms with Gasteiger partial charge in [-0.15, -0.1) is 0 Å². The third kappa shape index (κ3) is 1.70. The average Bonchev–Trinajstić information content (AvgIpc) is 1.80. The molecule has 0 aromatic carbocycles. The Bertz CT molecular complexity index is 218. The molecule has 2 nitrogen and oxygen atoms in total. The molecule has 5 heteroatoms. The zero-order chi connectivity index (χ0) is 10.3. The Morgan fingerprint density at radius 3 is 2.08 bits per heavy atom. The van der Waals surface area contributed by atoms with Crippen molar-refractivity contribution in [2.75, 3.05) is 0 Å². The molecule has 1 fully saturated rings. The van der Waals surface area contributed by atoms with Crippen molar-refractivity contribution < 1.29 is 18.0 Å². The number of ketones is 1. The molecular weight excluding hydrogens is 183 g/mol. The highest BCUT2D eigenvalue weighted by molar-refractivity contribution is 5.91. The van der Waals surface area contributed by atoms with Crippen LogP contribution in [-0.4, -0.2) is 17.5 Å². The van der Waals surface area contributed by atoms with E-state index in [2.05, 4.69) is 0 Å². The minimum atomic E-state index is -4.64. The van der Waals surface area contributed by atoms with E-state index < -0.39 is 23.4 Å². The first kappa shape index (κ1) is 10.5. The summed E-state index contributed by atoms with van der Waals surface area (Å²) in [6, 6.07) is 0. The Kier molecular flexibility index (Phi) is 2.40. The standard InChI is InChI=1S/C8H12F3NO/c1-7(12,8(9,10)11)6(13)5-3-2-4-5/h5H,2-4,12H2,1H3. The second kappa shape index (κ2) is 2.97. The van der Waals surface area contributed by atoms with Gasteiger partial charge in [-0.3, -0.25) is 4.79 Å². The molecule has 76 valence electrons. The van der Waals surface area contributed by atoms with Crippen LogP contribution < -0.4 is 5.73 Å². The van der Waals surface area contributed by atoms with E-state index in [0.717, 1.165) is 13.3 Å². The van der Waals surface area contributed by atoms with Gasteiger partial charge in [0, 0.05) is 5.92 Å². The number of carbonyl (C=O) groups excluding carboxylic acids is 1. The summed E-state index contributed by atoms with van der Waals surface area (Å²) in [6.07, 6.45) is -2.73. The van der Waals surface area contributed by atoms with Gasteiger partial charge in [0.2, 0.25) is 0 Å². The van der Waals surface area contributed by atoms with Crippen molar-refractivity contribution in [2.24, 2.45) is 11.7 Å². The van der Waals surface area contributed by atoms with Crippen molar-refractivity contribution in [3.05, 3.63) is 0 Å². The van der Waals surface area contributed by atoms with E-state index in [0.29, 0.717) is 12.8 Å². The fraction of sp³-hybridized carbons (Fsp3) is 0.875. The minimum absolute atomic E-state index is 0.475. The molecule has 1 aliphatic carbocycles. The molecule has 1 aliphatic rings. The Labute approximate surface area is 74.3 Å². The molecule has 0 aromatic heterocycles. The van der Waals surface area contributed by atoms with Crippen LogP contribution >= 0.6 is 0 Å². The SMILES string of the molecule is CC(N)(C(=O)C1CCC1)C(F)(F)F. The Hall–Kier alpha value is -0.580. The summed E-state index contributed by atoms with van der Waals surface area (Å²) in [6.45, 7) is 0.744. The van der Waals surface area contributed by atoms with Crippen LogP contribution in [0.25, 0.3) is 0 Å². The van der Waals surface area contributed by atoms with E-state index in [1.54, 1.807) is 0 Å². The molecule has 0 radical (unpaired) electrons. The lowest BCUT2D eigenvalue weighted by atomic mass is 9.75. The number of hydrogen-bond donors (Lipinski definition) is 1. The lowest BCUT2D eigenvalue weighted by Gasteiger charge is -2.33. The molecule has 0 heterocycles. The number of Topliss-reactive ketones (excluding diaryl/α,β-unsaturated/α-hetero) is 1. The van der Waals surface area contributed by atoms with Crippen LogP contribution in [0.5, 0.6) is 0 Å². The minimum Gasteiger partial charge on any atom is -0.312 e. The van der Waals surface area contributed by atoms with Crippen LogP contribution in [0.4, 0.5) is 13.2 Å². The lowest BCUT2D eigenvalue weighted by molar-refractivity contribution is -0.189. The summed E-state index contributed by atoms with van der Waals surface area (Å²) in [5.74, 6) is -1.34. The quantitative estimate of drug-likeness (QED) is 0.727. The number of carbonyl (C=O) groups is 1. The van der Waals surface area contributed by atoms with Gasteiger partial charge >= 0.3 is 6.18 Å². The van der Waals surface area contributed by atoms with Crippen LogP contribution in [0, 0.1) is 5.92 Å². The van der Waals surface area contributed by atoms with Gasteiger partial charge < -0.3 is 5.73 Å². The van der Waals surface area contributed by atoms with Crippen molar-refractivity contribution in [1.82, 2.24) is 0 Å². The maximum Gasteiger partial charge on any atom is 0.413 e. The third-order valence-corrected chi connectivity index (χ3v) is 2.58. The molecule has 1 saturated carbocycles. The monoisotopic (exact) mass is 195 g/mol. The smallest absolute Gasteiger partial charge is 0.312 e. The predicted octanol–water partition coefficient (Wildman–Crippen LogP) is 1.64. The Morgan fingerprint density at radius 2 is 1.85 bits per heavy atom. The summed E-state index contributed by atoms with van der Waals surface area (Å²) < 4.78 is 36.8. The van der Waals surface area contributed by atoms with Gasteiger partial charge in [0.15, 0.2) is 11.3 Å². The topological polar surface area (TPSA) is 43.1 Å². The van der Waals surface area contributed by atoms with E-state index in [4.69, 9.17) is 5.73 Å². The number of alkyl halides is 3. The maximum absolute atomic E-state index is 12.3. The summed E-state index contributed by atoms with van der Waals surface area (Å²) in [5, 5.41) is 0. The summed E-state index contributed by atoms with van der Waals surface area (Å²) >= 11 is 0. The molecule has 0 amide bonds. The molecule has 1 rings (SSSR count). The fourth-order valence-corrected chi connectivity index (χ4v) is 1.23. The van der Waals surface area contributed by atoms with E-state index >= 15 is 0 Å². The van der Waals surface area contributed by atoms with Gasteiger partial charge in [-0.2, -0.15) is 13.2 Å². The van der Waals surface area contributed by atoms with Gasteiger partial charge in [-0.25, -0.2) is 0 Å². The second-order valence-corrected chi connectivity index (χ2v) is 3.69. The Morgan fingerprint density at radius 1 is 1.38 bits per heavy atom. The normalized spacial score (nSPS) is 23.5. The van der Waals surface area contributed by atoms with Crippen molar-refractivity contribution in [3.8, 4) is 0 Å². The largest absolute Gasteiger partial charge is 0.413 e. The molecule has 0 saturated heterocycles. The van der Waals surface area contributed by atoms with E-state index in [1.807, 2.05) is 0 Å². The number of nitrogens with two attached hydrogens (primary N) is 1. The molecule has 2 N–H and O–H groups in total. The maximum atomic E-state index is 12.3. The van der Waals surface area contributed by atoms with E-state index in [-0.39, 0.29) is 0 Å². The average molecular weight is 195 g/mol. The van der Waals surface area contributed by atoms with Crippen molar-refractivity contribution in [3.63, 3.8) is 0 Å². The molecule has 0 aromatic rings. The molecule has 13 heavy (non-hydrogen) atoms. The van der Waals surface area contributed by atoms with E-state index in [1.165, 1.54) is 0 Å². The summed E-state index contributed by atoms with van der Waals surface area (Å²) in [4.78, 5) is 11.2. The third-order valence-electron chi connectivity index (χ3n) is 2.58. The van der Waals surface area contributed by atoms with Crippen LogP contribution in [0.3, 0.4) is 0 Å². The van der Waals surface area contributed by atoms with Gasteiger partial charge in [0.05, 0.1) is 0 Å². The van der Waals surface area contributed by atoms with E-state index in [9.17, 15) is 18.0 Å². The summed E-state index contributed by atoms with van der Waals surface area (Å²) in [5.41, 5.74) is 2.30. The molecular formula is C8H12F3NO. The predicted molar refractivity (Wildman–Crippen MR) is 41.0 cm³/mol. The summed E-state index contributed by atoms with van der Waals surface area (Å²) in [7, 11) is 0. The second-order valence-electron chi connectivity index (χ2n) is 3.69. The Balaban J connectivity index is 2.73.